The molecule has 0 aliphatic carbocycles. The Morgan fingerprint density at radius 3 is 2.45 bits per heavy atom. The molecule has 0 N–H and O–H groups in total. The Hall–Kier alpha value is -0.851. The molecule has 0 spiro atoms. The summed E-state index contributed by atoms with van der Waals surface area (Å²) in [6, 6.07) is 12.1. The van der Waals surface area contributed by atoms with Crippen LogP contribution < -0.4 is 0 Å². The number of aromatic nitrogens is 1. The summed E-state index contributed by atoms with van der Waals surface area (Å²) in [5.74, 6) is 0. The van der Waals surface area contributed by atoms with E-state index in [9.17, 15) is 0 Å². The van der Waals surface area contributed by atoms with Crippen molar-refractivity contribution in [1.82, 2.24) is 4.98 Å². The van der Waals surface area contributed by atoms with Gasteiger partial charge in [-0.2, -0.15) is 0 Å². The monoisotopic (exact) mass is 185 g/mol. The zero-order valence-corrected chi connectivity index (χ0v) is 6.95. The van der Waals surface area contributed by atoms with E-state index in [2.05, 4.69) is 17.1 Å². The van der Waals surface area contributed by atoms with Crippen LogP contribution in [0.3, 0.4) is 0 Å². The van der Waals surface area contributed by atoms with Crippen molar-refractivity contribution in [2.24, 2.45) is 0 Å². The molecule has 0 aliphatic heterocycles. The zero-order valence-electron chi connectivity index (χ0n) is 5.84. The topological polar surface area (TPSA) is 12.9 Å². The van der Waals surface area contributed by atoms with Gasteiger partial charge in [0.15, 0.2) is 0 Å². The van der Waals surface area contributed by atoms with Gasteiger partial charge >= 0.3 is 17.1 Å². The number of hydrogen-bond donors (Lipinski definition) is 0. The minimum absolute atomic E-state index is 0. The number of pyridine rings is 1. The van der Waals surface area contributed by atoms with Crippen molar-refractivity contribution in [2.75, 3.05) is 0 Å². The Labute approximate surface area is 75.9 Å². The molecule has 11 heavy (non-hydrogen) atoms. The van der Waals surface area contributed by atoms with Crippen molar-refractivity contribution in [3.63, 3.8) is 0 Å². The van der Waals surface area contributed by atoms with E-state index >= 15 is 0 Å². The van der Waals surface area contributed by atoms with Crippen LogP contribution in [0.5, 0.6) is 0 Å². The number of rotatable bonds is 0. The molecule has 2 heteroatoms. The summed E-state index contributed by atoms with van der Waals surface area (Å²) < 4.78 is 0. The molecule has 1 heterocycles. The maximum Gasteiger partial charge on any atom is 2.00 e. The van der Waals surface area contributed by atoms with E-state index in [0.29, 0.717) is 0 Å². The normalized spacial score (nSPS) is 9.09. The van der Waals surface area contributed by atoms with Crippen molar-refractivity contribution >= 4 is 10.9 Å². The maximum atomic E-state index is 4.18. The number of nitrogens with zero attached hydrogens (tertiary/aromatic N) is 1. The van der Waals surface area contributed by atoms with Gasteiger partial charge in [0, 0.05) is 11.6 Å². The van der Waals surface area contributed by atoms with Crippen LogP contribution in [0.1, 0.15) is 0 Å². The van der Waals surface area contributed by atoms with Crippen LogP contribution in [-0.2, 0) is 17.1 Å². The van der Waals surface area contributed by atoms with Crippen LogP contribution in [0, 0.1) is 0 Å². The van der Waals surface area contributed by atoms with Crippen molar-refractivity contribution in [1.29, 1.82) is 0 Å². The summed E-state index contributed by atoms with van der Waals surface area (Å²) in [5, 5.41) is 1.20. The van der Waals surface area contributed by atoms with Crippen LogP contribution >= 0.6 is 0 Å². The average Bonchev–Trinajstić information content (AvgIpc) is 2.05. The fourth-order valence-corrected chi connectivity index (χ4v) is 1.02. The minimum atomic E-state index is 0. The summed E-state index contributed by atoms with van der Waals surface area (Å²) in [6.45, 7) is 0. The first-order valence-electron chi connectivity index (χ1n) is 3.26. The zero-order chi connectivity index (χ0) is 6.81. The molecule has 1 nitrogen and oxygen atoms in total. The van der Waals surface area contributed by atoms with Crippen LogP contribution in [-0.4, -0.2) is 4.98 Å². The first kappa shape index (κ1) is 8.25. The third kappa shape index (κ3) is 1.59. The summed E-state index contributed by atoms with van der Waals surface area (Å²) >= 11 is 0. The maximum absolute atomic E-state index is 4.18. The molecule has 1 aromatic heterocycles. The third-order valence-electron chi connectivity index (χ3n) is 1.51. The molecule has 0 atom stereocenters. The second-order valence-electron chi connectivity index (χ2n) is 2.20. The van der Waals surface area contributed by atoms with E-state index in [-0.39, 0.29) is 17.1 Å². The van der Waals surface area contributed by atoms with E-state index in [0.717, 1.165) is 5.52 Å². The van der Waals surface area contributed by atoms with Gasteiger partial charge in [0.2, 0.25) is 0 Å². The Morgan fingerprint density at radius 2 is 1.64 bits per heavy atom. The van der Waals surface area contributed by atoms with Gasteiger partial charge in [0.05, 0.1) is 5.52 Å². The molecule has 0 fully saturated rings. The SMILES string of the molecule is [Fe+2].c1ccc2ncccc2c1. The third-order valence-corrected chi connectivity index (χ3v) is 1.51. The van der Waals surface area contributed by atoms with E-state index in [1.165, 1.54) is 5.39 Å². The average molecular weight is 185 g/mol. The van der Waals surface area contributed by atoms with Gasteiger partial charge in [0.25, 0.3) is 0 Å². The van der Waals surface area contributed by atoms with Gasteiger partial charge < -0.3 is 0 Å². The summed E-state index contributed by atoms with van der Waals surface area (Å²) in [7, 11) is 0. The molecular formula is C9H7FeN+2. The molecule has 54 valence electrons. The van der Waals surface area contributed by atoms with E-state index < -0.39 is 0 Å². The molecule has 0 saturated carbocycles. The van der Waals surface area contributed by atoms with Gasteiger partial charge in [-0.15, -0.1) is 0 Å². The second kappa shape index (κ2) is 3.51. The van der Waals surface area contributed by atoms with Gasteiger partial charge in [-0.3, -0.25) is 4.98 Å². The Bertz CT molecular complexity index is 281. The first-order chi connectivity index (χ1) is 4.97. The number of para-hydroxylation sites is 1. The number of fused-ring (bicyclic) bond motifs is 1. The van der Waals surface area contributed by atoms with Crippen LogP contribution in [0.25, 0.3) is 10.9 Å². The molecule has 0 bridgehead atoms. The Kier molecular flexibility index (Phi) is 2.64. The first-order valence-corrected chi connectivity index (χ1v) is 3.26. The van der Waals surface area contributed by atoms with E-state index in [1.54, 1.807) is 0 Å². The fourth-order valence-electron chi connectivity index (χ4n) is 1.02. The molecule has 2 aromatic rings. The minimum Gasteiger partial charge on any atom is -0.256 e. The van der Waals surface area contributed by atoms with E-state index in [1.807, 2.05) is 30.5 Å². The fraction of sp³-hybridized carbons (Fsp3) is 0. The van der Waals surface area contributed by atoms with Crippen molar-refractivity contribution in [3.05, 3.63) is 42.6 Å². The Balaban J connectivity index is 0.000000605. The predicted octanol–water partition coefficient (Wildman–Crippen LogP) is 2.23. The second-order valence-corrected chi connectivity index (χ2v) is 2.20. The van der Waals surface area contributed by atoms with Crippen LogP contribution in [0.4, 0.5) is 0 Å². The predicted molar refractivity (Wildman–Crippen MR) is 41.7 cm³/mol. The van der Waals surface area contributed by atoms with Crippen molar-refractivity contribution < 1.29 is 17.1 Å². The standard InChI is InChI=1S/C9H7N.Fe/c1-2-6-9-8(4-1)5-3-7-10-9;/h1-7H;/q;+2. The van der Waals surface area contributed by atoms with Crippen LogP contribution in [0.2, 0.25) is 0 Å². The quantitative estimate of drug-likeness (QED) is 0.573. The molecule has 1 aromatic carbocycles. The Morgan fingerprint density at radius 1 is 0.909 bits per heavy atom. The largest absolute Gasteiger partial charge is 2.00 e. The molecule has 0 radical (unpaired) electrons. The van der Waals surface area contributed by atoms with Gasteiger partial charge in [-0.25, -0.2) is 0 Å². The number of hydrogen-bond acceptors (Lipinski definition) is 1. The molecule has 0 amide bonds. The summed E-state index contributed by atoms with van der Waals surface area (Å²) in [6.07, 6.45) is 1.81. The molecule has 0 saturated heterocycles. The van der Waals surface area contributed by atoms with Gasteiger partial charge in [0.1, 0.15) is 0 Å². The van der Waals surface area contributed by atoms with Gasteiger partial charge in [-0.1, -0.05) is 24.3 Å². The summed E-state index contributed by atoms with van der Waals surface area (Å²) in [5.41, 5.74) is 1.06. The number of benzene rings is 1. The van der Waals surface area contributed by atoms with Gasteiger partial charge in [-0.05, 0) is 12.1 Å². The molecular weight excluding hydrogens is 178 g/mol. The summed E-state index contributed by atoms with van der Waals surface area (Å²) in [4.78, 5) is 4.18. The van der Waals surface area contributed by atoms with Crippen LogP contribution in [0.15, 0.2) is 42.6 Å². The molecule has 0 unspecified atom stereocenters. The van der Waals surface area contributed by atoms with Crippen molar-refractivity contribution in [2.45, 2.75) is 0 Å². The van der Waals surface area contributed by atoms with Crippen molar-refractivity contribution in [3.8, 4) is 0 Å². The molecule has 0 aliphatic rings. The van der Waals surface area contributed by atoms with E-state index in [4.69, 9.17) is 0 Å². The smallest absolute Gasteiger partial charge is 0.256 e. The molecule has 2 rings (SSSR count).